The Morgan fingerprint density at radius 3 is 2.75 bits per heavy atom. The fraction of sp³-hybridized carbons (Fsp3) is 0.231. The zero-order valence-electron chi connectivity index (χ0n) is 12.7. The molecule has 0 saturated heterocycles. The Bertz CT molecular complexity index is 821. The van der Waals surface area contributed by atoms with Crippen LogP contribution in [0.4, 0.5) is 17.6 Å². The van der Waals surface area contributed by atoms with E-state index in [1.165, 1.54) is 11.8 Å². The van der Waals surface area contributed by atoms with E-state index in [0.29, 0.717) is 34.2 Å². The van der Waals surface area contributed by atoms with Gasteiger partial charge in [-0.15, -0.1) is 5.10 Å². The normalized spacial score (nSPS) is 10.8. The van der Waals surface area contributed by atoms with Crippen molar-refractivity contribution in [1.82, 2.24) is 35.2 Å². The summed E-state index contributed by atoms with van der Waals surface area (Å²) in [5.41, 5.74) is 6.57. The number of aromatic nitrogens is 7. The van der Waals surface area contributed by atoms with Gasteiger partial charge >= 0.3 is 0 Å². The van der Waals surface area contributed by atoms with Gasteiger partial charge in [0.1, 0.15) is 5.82 Å². The Hall–Kier alpha value is -2.46. The van der Waals surface area contributed by atoms with Crippen LogP contribution in [0, 0.1) is 0 Å². The van der Waals surface area contributed by atoms with Crippen LogP contribution in [0.3, 0.4) is 0 Å². The van der Waals surface area contributed by atoms with Crippen LogP contribution < -0.4 is 11.1 Å². The highest BCUT2D eigenvalue weighted by Gasteiger charge is 2.09. The third kappa shape index (κ3) is 4.09. The molecule has 3 N–H and O–H groups in total. The van der Waals surface area contributed by atoms with Crippen molar-refractivity contribution in [2.24, 2.45) is 0 Å². The number of halogens is 1. The molecule has 0 unspecified atom stereocenters. The second-order valence-corrected chi connectivity index (χ2v) is 6.01. The molecule has 3 aromatic rings. The molecule has 0 bridgehead atoms. The summed E-state index contributed by atoms with van der Waals surface area (Å²) < 4.78 is 1.70. The van der Waals surface area contributed by atoms with E-state index in [1.54, 1.807) is 16.8 Å². The molecule has 11 heteroatoms. The number of aryl methyl sites for hydroxylation is 1. The molecule has 1 aromatic carbocycles. The van der Waals surface area contributed by atoms with E-state index in [4.69, 9.17) is 17.3 Å². The number of hydrogen-bond donors (Lipinski definition) is 2. The Morgan fingerprint density at radius 2 is 2.00 bits per heavy atom. The maximum absolute atomic E-state index is 5.87. The third-order valence-electron chi connectivity index (χ3n) is 2.93. The number of hydrogen-bond acceptors (Lipinski definition) is 9. The Labute approximate surface area is 147 Å². The molecule has 2 aromatic heterocycles. The van der Waals surface area contributed by atoms with Crippen LogP contribution in [0.2, 0.25) is 5.02 Å². The van der Waals surface area contributed by atoms with Crippen molar-refractivity contribution in [1.29, 1.82) is 0 Å². The summed E-state index contributed by atoms with van der Waals surface area (Å²) >= 11 is 7.30. The second-order valence-electron chi connectivity index (χ2n) is 4.63. The lowest BCUT2D eigenvalue weighted by atomic mass is 10.3. The van der Waals surface area contributed by atoms with Crippen molar-refractivity contribution in [2.45, 2.75) is 24.4 Å². The van der Waals surface area contributed by atoms with Crippen LogP contribution >= 0.6 is 23.4 Å². The van der Waals surface area contributed by atoms with Gasteiger partial charge in [0.15, 0.2) is 0 Å². The van der Waals surface area contributed by atoms with E-state index in [0.717, 1.165) is 5.69 Å². The zero-order chi connectivity index (χ0) is 16.9. The van der Waals surface area contributed by atoms with Crippen molar-refractivity contribution in [3.63, 3.8) is 0 Å². The van der Waals surface area contributed by atoms with E-state index in [1.807, 2.05) is 19.1 Å². The maximum atomic E-state index is 5.87. The van der Waals surface area contributed by atoms with Crippen molar-refractivity contribution in [2.75, 3.05) is 11.1 Å². The molecule has 9 nitrogen and oxygen atoms in total. The summed E-state index contributed by atoms with van der Waals surface area (Å²) in [6.07, 6.45) is 0. The predicted octanol–water partition coefficient (Wildman–Crippen LogP) is 2.15. The second kappa shape index (κ2) is 7.41. The van der Waals surface area contributed by atoms with Gasteiger partial charge in [-0.05, 0) is 41.6 Å². The fourth-order valence-electron chi connectivity index (χ4n) is 1.85. The Balaban J connectivity index is 1.72. The number of thioether (sulfide) groups is 1. The lowest BCUT2D eigenvalue weighted by Crippen LogP contribution is -2.07. The predicted molar refractivity (Wildman–Crippen MR) is 92.0 cm³/mol. The number of benzene rings is 1. The Kier molecular flexibility index (Phi) is 5.06. The van der Waals surface area contributed by atoms with Crippen LogP contribution in [0.1, 0.15) is 12.7 Å². The molecular formula is C13H14ClN9S. The highest BCUT2D eigenvalue weighted by molar-refractivity contribution is 7.98. The first-order valence-electron chi connectivity index (χ1n) is 7.06. The van der Waals surface area contributed by atoms with E-state index >= 15 is 0 Å². The van der Waals surface area contributed by atoms with E-state index in [2.05, 4.69) is 35.8 Å². The highest BCUT2D eigenvalue weighted by atomic mass is 35.5. The number of nitrogens with two attached hydrogens (primary N) is 1. The smallest absolute Gasteiger partial charge is 0.232 e. The number of rotatable bonds is 6. The van der Waals surface area contributed by atoms with Gasteiger partial charge in [0.2, 0.25) is 17.1 Å². The molecule has 0 aliphatic heterocycles. The molecule has 0 saturated carbocycles. The summed E-state index contributed by atoms with van der Waals surface area (Å²) in [5, 5.41) is 15.9. The van der Waals surface area contributed by atoms with Gasteiger partial charge in [-0.1, -0.05) is 23.4 Å². The molecule has 0 amide bonds. The molecule has 0 atom stereocenters. The van der Waals surface area contributed by atoms with Gasteiger partial charge in [-0.3, -0.25) is 0 Å². The molecule has 2 heterocycles. The first-order valence-corrected chi connectivity index (χ1v) is 8.42. The van der Waals surface area contributed by atoms with Gasteiger partial charge in [-0.25, -0.2) is 4.68 Å². The molecule has 24 heavy (non-hydrogen) atoms. The highest BCUT2D eigenvalue weighted by Crippen LogP contribution is 2.20. The van der Waals surface area contributed by atoms with Gasteiger partial charge < -0.3 is 11.1 Å². The molecule has 0 aliphatic rings. The Morgan fingerprint density at radius 1 is 1.21 bits per heavy atom. The topological polar surface area (TPSA) is 120 Å². The minimum atomic E-state index is 0.146. The van der Waals surface area contributed by atoms with E-state index < -0.39 is 0 Å². The molecule has 0 radical (unpaired) electrons. The van der Waals surface area contributed by atoms with Crippen molar-refractivity contribution >= 4 is 40.9 Å². The van der Waals surface area contributed by atoms with E-state index in [9.17, 15) is 0 Å². The molecular weight excluding hydrogens is 350 g/mol. The SMILES string of the molecule is CCn1nnnc1SCc1nc(N)nc(Nc2ccc(Cl)cc2)n1. The van der Waals surface area contributed by atoms with Gasteiger partial charge in [0.05, 0.1) is 5.75 Å². The summed E-state index contributed by atoms with van der Waals surface area (Å²) in [5.74, 6) is 1.53. The van der Waals surface area contributed by atoms with Crippen molar-refractivity contribution in [3.8, 4) is 0 Å². The summed E-state index contributed by atoms with van der Waals surface area (Å²) in [4.78, 5) is 12.6. The molecule has 0 spiro atoms. The van der Waals surface area contributed by atoms with E-state index in [-0.39, 0.29) is 5.95 Å². The third-order valence-corrected chi connectivity index (χ3v) is 4.13. The lowest BCUT2D eigenvalue weighted by Gasteiger charge is -2.07. The van der Waals surface area contributed by atoms with Crippen LogP contribution in [-0.2, 0) is 12.3 Å². The minimum absolute atomic E-state index is 0.146. The maximum Gasteiger partial charge on any atom is 0.232 e. The fourth-order valence-corrected chi connectivity index (χ4v) is 2.77. The van der Waals surface area contributed by atoms with Crippen LogP contribution in [0.15, 0.2) is 29.4 Å². The summed E-state index contributed by atoms with van der Waals surface area (Å²) in [7, 11) is 0. The molecule has 3 rings (SSSR count). The average molecular weight is 364 g/mol. The largest absolute Gasteiger partial charge is 0.368 e. The van der Waals surface area contributed by atoms with Gasteiger partial charge in [0, 0.05) is 17.3 Å². The van der Waals surface area contributed by atoms with Crippen LogP contribution in [0.5, 0.6) is 0 Å². The number of anilines is 3. The number of nitrogens with zero attached hydrogens (tertiary/aromatic N) is 7. The molecule has 0 fully saturated rings. The van der Waals surface area contributed by atoms with Crippen molar-refractivity contribution < 1.29 is 0 Å². The van der Waals surface area contributed by atoms with Gasteiger partial charge in [-0.2, -0.15) is 15.0 Å². The first-order chi connectivity index (χ1) is 11.6. The molecule has 124 valence electrons. The minimum Gasteiger partial charge on any atom is -0.368 e. The quantitative estimate of drug-likeness (QED) is 0.634. The standard InChI is InChI=1S/C13H14ClN9S/c1-2-23-13(20-21-22-23)24-7-10-17-11(15)19-12(18-10)16-9-5-3-8(14)4-6-9/h3-6H,2,7H2,1H3,(H3,15,16,17,18,19). The first kappa shape index (κ1) is 16.4. The van der Waals surface area contributed by atoms with Crippen LogP contribution in [0.25, 0.3) is 0 Å². The molecule has 0 aliphatic carbocycles. The number of nitrogen functional groups attached to an aromatic ring is 1. The monoisotopic (exact) mass is 363 g/mol. The average Bonchev–Trinajstić information content (AvgIpc) is 3.02. The zero-order valence-corrected chi connectivity index (χ0v) is 14.3. The van der Waals surface area contributed by atoms with Crippen LogP contribution in [-0.4, -0.2) is 35.2 Å². The number of nitrogens with one attached hydrogen (secondary N) is 1. The summed E-state index contributed by atoms with van der Waals surface area (Å²) in [6, 6.07) is 7.20. The van der Waals surface area contributed by atoms with Gasteiger partial charge in [0.25, 0.3) is 0 Å². The number of tetrazole rings is 1. The summed E-state index contributed by atoms with van der Waals surface area (Å²) in [6.45, 7) is 2.66. The van der Waals surface area contributed by atoms with Crippen molar-refractivity contribution in [3.05, 3.63) is 35.1 Å². The lowest BCUT2D eigenvalue weighted by molar-refractivity contribution is 0.581.